The van der Waals surface area contributed by atoms with Gasteiger partial charge in [-0.2, -0.15) is 0 Å². The molecule has 0 bridgehead atoms. The number of amides is 1. The highest BCUT2D eigenvalue weighted by atomic mass is 16.3. The van der Waals surface area contributed by atoms with Crippen LogP contribution in [0.5, 0.6) is 5.75 Å². The predicted molar refractivity (Wildman–Crippen MR) is 69.3 cm³/mol. The lowest BCUT2D eigenvalue weighted by molar-refractivity contribution is 0.0910. The summed E-state index contributed by atoms with van der Waals surface area (Å²) < 4.78 is 0. The smallest absolute Gasteiger partial charge is 0.253 e. The van der Waals surface area contributed by atoms with Crippen LogP contribution >= 0.6 is 0 Å². The molecule has 1 fully saturated rings. The van der Waals surface area contributed by atoms with Crippen LogP contribution in [0.4, 0.5) is 0 Å². The zero-order chi connectivity index (χ0) is 13.1. The maximum atomic E-state index is 12.0. The first-order chi connectivity index (χ1) is 8.54. The zero-order valence-electron chi connectivity index (χ0n) is 10.9. The van der Waals surface area contributed by atoms with Gasteiger partial charge in [-0.3, -0.25) is 9.78 Å². The Balaban J connectivity index is 1.99. The molecule has 98 valence electrons. The minimum Gasteiger partial charge on any atom is -0.506 e. The lowest BCUT2D eigenvalue weighted by Gasteiger charge is -2.31. The van der Waals surface area contributed by atoms with E-state index in [1.54, 1.807) is 0 Å². The van der Waals surface area contributed by atoms with Gasteiger partial charge >= 0.3 is 0 Å². The molecule has 0 saturated heterocycles. The molecule has 1 aliphatic rings. The summed E-state index contributed by atoms with van der Waals surface area (Å²) in [7, 11) is 0. The lowest BCUT2D eigenvalue weighted by Crippen LogP contribution is -2.40. The van der Waals surface area contributed by atoms with E-state index >= 15 is 0 Å². The van der Waals surface area contributed by atoms with E-state index in [2.05, 4.69) is 24.1 Å². The fourth-order valence-electron chi connectivity index (χ4n) is 2.89. The molecule has 1 heterocycles. The molecule has 1 saturated carbocycles. The van der Waals surface area contributed by atoms with Crippen LogP contribution in [0.1, 0.15) is 43.5 Å². The van der Waals surface area contributed by atoms with E-state index in [0.29, 0.717) is 17.4 Å². The number of nitrogens with zero attached hydrogens (tertiary/aromatic N) is 1. The van der Waals surface area contributed by atoms with Crippen molar-refractivity contribution in [1.82, 2.24) is 10.3 Å². The highest BCUT2D eigenvalue weighted by molar-refractivity contribution is 5.94. The van der Waals surface area contributed by atoms with Crippen LogP contribution in [0, 0.1) is 11.8 Å². The summed E-state index contributed by atoms with van der Waals surface area (Å²) >= 11 is 0. The van der Waals surface area contributed by atoms with Crippen LogP contribution in [0.25, 0.3) is 0 Å². The van der Waals surface area contributed by atoms with E-state index < -0.39 is 0 Å². The third-order valence-corrected chi connectivity index (χ3v) is 3.50. The molecule has 1 aliphatic carbocycles. The molecular formula is C14H20N2O2. The van der Waals surface area contributed by atoms with Crippen LogP contribution < -0.4 is 5.32 Å². The highest BCUT2D eigenvalue weighted by Gasteiger charge is 2.25. The van der Waals surface area contributed by atoms with E-state index in [-0.39, 0.29) is 17.7 Å². The SMILES string of the molecule is CC1CC(C)CC(NC(=O)c2cncc(O)c2)C1. The molecule has 2 atom stereocenters. The van der Waals surface area contributed by atoms with Crippen molar-refractivity contribution in [3.05, 3.63) is 24.0 Å². The van der Waals surface area contributed by atoms with E-state index in [4.69, 9.17) is 0 Å². The maximum absolute atomic E-state index is 12.0. The number of aromatic nitrogens is 1. The maximum Gasteiger partial charge on any atom is 0.253 e. The number of hydrogen-bond acceptors (Lipinski definition) is 3. The zero-order valence-corrected chi connectivity index (χ0v) is 10.9. The van der Waals surface area contributed by atoms with Gasteiger partial charge in [0, 0.05) is 12.2 Å². The molecule has 4 heteroatoms. The van der Waals surface area contributed by atoms with Crippen LogP contribution in [-0.4, -0.2) is 22.0 Å². The highest BCUT2D eigenvalue weighted by Crippen LogP contribution is 2.28. The van der Waals surface area contributed by atoms with Crippen molar-refractivity contribution < 1.29 is 9.90 Å². The number of hydrogen-bond donors (Lipinski definition) is 2. The molecule has 2 rings (SSSR count). The minimum absolute atomic E-state index is 0.0213. The van der Waals surface area contributed by atoms with Crippen molar-refractivity contribution >= 4 is 5.91 Å². The number of carbonyl (C=O) groups is 1. The van der Waals surface area contributed by atoms with E-state index in [0.717, 1.165) is 12.8 Å². The summed E-state index contributed by atoms with van der Waals surface area (Å²) in [5, 5.41) is 12.3. The first-order valence-corrected chi connectivity index (χ1v) is 6.49. The van der Waals surface area contributed by atoms with Gasteiger partial charge in [-0.15, -0.1) is 0 Å². The average molecular weight is 248 g/mol. The fraction of sp³-hybridized carbons (Fsp3) is 0.571. The normalized spacial score (nSPS) is 27.8. The van der Waals surface area contributed by atoms with E-state index in [9.17, 15) is 9.90 Å². The molecule has 4 nitrogen and oxygen atoms in total. The van der Waals surface area contributed by atoms with Gasteiger partial charge in [-0.05, 0) is 37.2 Å². The van der Waals surface area contributed by atoms with Gasteiger partial charge in [0.1, 0.15) is 5.75 Å². The molecular weight excluding hydrogens is 228 g/mol. The second kappa shape index (κ2) is 5.38. The van der Waals surface area contributed by atoms with Crippen LogP contribution in [0.2, 0.25) is 0 Å². The number of rotatable bonds is 2. The van der Waals surface area contributed by atoms with Crippen molar-refractivity contribution in [2.75, 3.05) is 0 Å². The summed E-state index contributed by atoms with van der Waals surface area (Å²) in [5.41, 5.74) is 0.417. The molecule has 0 radical (unpaired) electrons. The Morgan fingerprint density at radius 3 is 2.56 bits per heavy atom. The van der Waals surface area contributed by atoms with E-state index in [1.165, 1.54) is 24.9 Å². The Hall–Kier alpha value is -1.58. The fourth-order valence-corrected chi connectivity index (χ4v) is 2.89. The Kier molecular flexibility index (Phi) is 3.84. The number of pyridine rings is 1. The van der Waals surface area contributed by atoms with Crippen molar-refractivity contribution in [2.45, 2.75) is 39.2 Å². The van der Waals surface area contributed by atoms with Gasteiger partial charge in [0.2, 0.25) is 0 Å². The third-order valence-electron chi connectivity index (χ3n) is 3.50. The quantitative estimate of drug-likeness (QED) is 0.844. The van der Waals surface area contributed by atoms with Crippen LogP contribution in [0.15, 0.2) is 18.5 Å². The van der Waals surface area contributed by atoms with Gasteiger partial charge in [0.15, 0.2) is 0 Å². The lowest BCUT2D eigenvalue weighted by atomic mass is 9.80. The Morgan fingerprint density at radius 1 is 1.28 bits per heavy atom. The van der Waals surface area contributed by atoms with Gasteiger partial charge in [0.25, 0.3) is 5.91 Å². The number of nitrogens with one attached hydrogen (secondary N) is 1. The molecule has 1 aromatic rings. The van der Waals surface area contributed by atoms with Gasteiger partial charge < -0.3 is 10.4 Å². The topological polar surface area (TPSA) is 62.2 Å². The van der Waals surface area contributed by atoms with Gasteiger partial charge in [-0.1, -0.05) is 13.8 Å². The second-order valence-electron chi connectivity index (χ2n) is 5.52. The summed E-state index contributed by atoms with van der Waals surface area (Å²) in [6, 6.07) is 1.68. The van der Waals surface area contributed by atoms with Crippen molar-refractivity contribution in [3.8, 4) is 5.75 Å². The Labute approximate surface area is 107 Å². The monoisotopic (exact) mass is 248 g/mol. The summed E-state index contributed by atoms with van der Waals surface area (Å²) in [6.07, 6.45) is 6.09. The van der Waals surface area contributed by atoms with Gasteiger partial charge in [0.05, 0.1) is 11.8 Å². The van der Waals surface area contributed by atoms with Gasteiger partial charge in [-0.25, -0.2) is 0 Å². The first kappa shape index (κ1) is 12.9. The molecule has 1 aromatic heterocycles. The van der Waals surface area contributed by atoms with E-state index in [1.807, 2.05) is 0 Å². The predicted octanol–water partition coefficient (Wildman–Crippen LogP) is 2.34. The summed E-state index contributed by atoms with van der Waals surface area (Å²) in [6.45, 7) is 4.45. The average Bonchev–Trinajstić information content (AvgIpc) is 2.27. The molecule has 0 aromatic carbocycles. The molecule has 0 spiro atoms. The largest absolute Gasteiger partial charge is 0.506 e. The Morgan fingerprint density at radius 2 is 1.94 bits per heavy atom. The first-order valence-electron chi connectivity index (χ1n) is 6.49. The van der Waals surface area contributed by atoms with Crippen molar-refractivity contribution in [3.63, 3.8) is 0 Å². The Bertz CT molecular complexity index is 424. The third kappa shape index (κ3) is 3.22. The summed E-state index contributed by atoms with van der Waals surface area (Å²) in [5.74, 6) is 1.18. The second-order valence-corrected chi connectivity index (χ2v) is 5.52. The summed E-state index contributed by atoms with van der Waals surface area (Å²) in [4.78, 5) is 15.8. The van der Waals surface area contributed by atoms with Crippen molar-refractivity contribution in [2.24, 2.45) is 11.8 Å². The number of carbonyl (C=O) groups excluding carboxylic acids is 1. The molecule has 0 aliphatic heterocycles. The molecule has 2 unspecified atom stereocenters. The van der Waals surface area contributed by atoms with Crippen LogP contribution in [-0.2, 0) is 0 Å². The molecule has 1 amide bonds. The molecule has 2 N–H and O–H groups in total. The molecule has 18 heavy (non-hydrogen) atoms. The number of aromatic hydroxyl groups is 1. The minimum atomic E-state index is -0.148. The van der Waals surface area contributed by atoms with Crippen LogP contribution in [0.3, 0.4) is 0 Å². The van der Waals surface area contributed by atoms with Crippen molar-refractivity contribution in [1.29, 1.82) is 0 Å². The standard InChI is InChI=1S/C14H20N2O2/c1-9-3-10(2)5-12(4-9)16-14(18)11-6-13(17)8-15-7-11/h6-10,12,17H,3-5H2,1-2H3,(H,16,18).